The number of nitrogens with zero attached hydrogens (tertiary/aromatic N) is 1. The van der Waals surface area contributed by atoms with Crippen molar-refractivity contribution in [3.63, 3.8) is 0 Å². The van der Waals surface area contributed by atoms with Gasteiger partial charge in [0.15, 0.2) is 0 Å². The number of cyclic esters (lactones) is 1. The minimum absolute atomic E-state index is 0.0151. The summed E-state index contributed by atoms with van der Waals surface area (Å²) in [6, 6.07) is -0.259. The van der Waals surface area contributed by atoms with Crippen molar-refractivity contribution >= 4 is 18.0 Å². The molecule has 1 aliphatic heterocycles. The van der Waals surface area contributed by atoms with Crippen LogP contribution in [0.4, 0.5) is 4.79 Å². The average molecular weight is 339 g/mol. The molecule has 24 heavy (non-hydrogen) atoms. The van der Waals surface area contributed by atoms with Crippen LogP contribution in [0.15, 0.2) is 0 Å². The summed E-state index contributed by atoms with van der Waals surface area (Å²) in [6.45, 7) is 9.54. The molecular weight excluding hydrogens is 310 g/mol. The van der Waals surface area contributed by atoms with Crippen molar-refractivity contribution in [2.75, 3.05) is 6.61 Å². The van der Waals surface area contributed by atoms with E-state index in [4.69, 9.17) is 9.47 Å². The Kier molecular flexibility index (Phi) is 5.56. The van der Waals surface area contributed by atoms with Crippen molar-refractivity contribution in [3.05, 3.63) is 0 Å². The zero-order valence-corrected chi connectivity index (χ0v) is 15.3. The summed E-state index contributed by atoms with van der Waals surface area (Å²) in [7, 11) is 0. The average Bonchev–Trinajstić information content (AvgIpc) is 3.15. The maximum Gasteiger partial charge on any atom is 0.416 e. The minimum Gasteiger partial charge on any atom is -0.460 e. The predicted octanol–water partition coefficient (Wildman–Crippen LogP) is 3.14. The Morgan fingerprint density at radius 3 is 2.42 bits per heavy atom. The summed E-state index contributed by atoms with van der Waals surface area (Å²) in [5, 5.41) is 0. The van der Waals surface area contributed by atoms with Gasteiger partial charge < -0.3 is 9.47 Å². The largest absolute Gasteiger partial charge is 0.460 e. The summed E-state index contributed by atoms with van der Waals surface area (Å²) in [4.78, 5) is 38.4. The zero-order valence-electron chi connectivity index (χ0n) is 15.3. The zero-order chi connectivity index (χ0) is 18.1. The molecule has 0 N–H and O–H groups in total. The van der Waals surface area contributed by atoms with Crippen LogP contribution in [-0.4, -0.2) is 41.1 Å². The van der Waals surface area contributed by atoms with Crippen molar-refractivity contribution in [2.24, 2.45) is 17.8 Å². The summed E-state index contributed by atoms with van der Waals surface area (Å²) >= 11 is 0. The first-order valence-corrected chi connectivity index (χ1v) is 8.80. The Bertz CT molecular complexity index is 504. The van der Waals surface area contributed by atoms with Gasteiger partial charge in [0.1, 0.15) is 12.2 Å². The fourth-order valence-electron chi connectivity index (χ4n) is 2.99. The number of carbonyl (C=O) groups excluding carboxylic acids is 3. The van der Waals surface area contributed by atoms with Crippen LogP contribution in [0.5, 0.6) is 0 Å². The molecule has 2 unspecified atom stereocenters. The number of esters is 1. The van der Waals surface area contributed by atoms with E-state index in [1.165, 1.54) is 4.90 Å². The Balaban J connectivity index is 2.09. The van der Waals surface area contributed by atoms with Gasteiger partial charge in [-0.15, -0.1) is 0 Å². The minimum atomic E-state index is -0.594. The van der Waals surface area contributed by atoms with Crippen molar-refractivity contribution in [3.8, 4) is 0 Å². The van der Waals surface area contributed by atoms with E-state index in [0.717, 1.165) is 12.8 Å². The van der Waals surface area contributed by atoms with Crippen molar-refractivity contribution < 1.29 is 23.9 Å². The van der Waals surface area contributed by atoms with E-state index in [1.807, 2.05) is 13.8 Å². The van der Waals surface area contributed by atoms with Gasteiger partial charge in [-0.3, -0.25) is 9.59 Å². The van der Waals surface area contributed by atoms with Crippen LogP contribution in [0.3, 0.4) is 0 Å². The summed E-state index contributed by atoms with van der Waals surface area (Å²) in [6.07, 6.45) is 2.21. The maximum absolute atomic E-state index is 13.0. The topological polar surface area (TPSA) is 72.9 Å². The molecule has 2 rings (SSSR count). The van der Waals surface area contributed by atoms with E-state index < -0.39 is 23.6 Å². The Morgan fingerprint density at radius 2 is 1.92 bits per heavy atom. The third kappa shape index (κ3) is 4.95. The Labute approximate surface area is 143 Å². The number of hydrogen-bond donors (Lipinski definition) is 0. The Hall–Kier alpha value is -1.59. The van der Waals surface area contributed by atoms with E-state index in [2.05, 4.69) is 0 Å². The second kappa shape index (κ2) is 7.11. The number of amides is 2. The quantitative estimate of drug-likeness (QED) is 0.695. The van der Waals surface area contributed by atoms with Crippen LogP contribution < -0.4 is 0 Å². The first-order chi connectivity index (χ1) is 11.1. The van der Waals surface area contributed by atoms with E-state index >= 15 is 0 Å². The molecule has 136 valence electrons. The van der Waals surface area contributed by atoms with Crippen molar-refractivity contribution in [1.82, 2.24) is 4.90 Å². The highest BCUT2D eigenvalue weighted by molar-refractivity contribution is 5.96. The maximum atomic E-state index is 13.0. The highest BCUT2D eigenvalue weighted by atomic mass is 16.6. The lowest BCUT2D eigenvalue weighted by Gasteiger charge is -2.27. The van der Waals surface area contributed by atoms with Gasteiger partial charge in [0.25, 0.3) is 0 Å². The Morgan fingerprint density at radius 1 is 1.29 bits per heavy atom. The SMILES string of the molecule is CC(C)C1COC(=O)N1C(=O)C(CC(=O)OC(C)(C)C)CC1CC1. The molecule has 6 heteroatoms. The van der Waals surface area contributed by atoms with Crippen LogP contribution in [-0.2, 0) is 19.1 Å². The van der Waals surface area contributed by atoms with Gasteiger partial charge in [0, 0.05) is 5.92 Å². The first-order valence-electron chi connectivity index (χ1n) is 8.80. The molecule has 0 bridgehead atoms. The third-order valence-electron chi connectivity index (χ3n) is 4.41. The smallest absolute Gasteiger partial charge is 0.416 e. The molecule has 1 aliphatic carbocycles. The second-order valence-corrected chi connectivity index (χ2v) is 8.26. The molecule has 0 radical (unpaired) electrons. The number of carbonyl (C=O) groups is 3. The van der Waals surface area contributed by atoms with Crippen LogP contribution in [0.25, 0.3) is 0 Å². The molecule has 2 atom stereocenters. The lowest BCUT2D eigenvalue weighted by molar-refractivity contribution is -0.158. The van der Waals surface area contributed by atoms with Crippen LogP contribution >= 0.6 is 0 Å². The molecule has 2 aliphatic rings. The molecule has 0 spiro atoms. The van der Waals surface area contributed by atoms with Crippen molar-refractivity contribution in [1.29, 1.82) is 0 Å². The number of ether oxygens (including phenoxy) is 2. The van der Waals surface area contributed by atoms with Gasteiger partial charge in [-0.05, 0) is 39.0 Å². The van der Waals surface area contributed by atoms with Crippen LogP contribution in [0.1, 0.15) is 60.3 Å². The van der Waals surface area contributed by atoms with E-state index in [1.54, 1.807) is 20.8 Å². The normalized spacial score (nSPS) is 22.5. The van der Waals surface area contributed by atoms with E-state index in [-0.39, 0.29) is 30.9 Å². The second-order valence-electron chi connectivity index (χ2n) is 8.26. The lowest BCUT2D eigenvalue weighted by atomic mass is 9.94. The number of hydrogen-bond acceptors (Lipinski definition) is 5. The summed E-state index contributed by atoms with van der Waals surface area (Å²) < 4.78 is 10.4. The van der Waals surface area contributed by atoms with Gasteiger partial charge in [0.2, 0.25) is 5.91 Å². The number of rotatable bonds is 6. The first kappa shape index (κ1) is 18.7. The molecule has 6 nitrogen and oxygen atoms in total. The summed E-state index contributed by atoms with van der Waals surface area (Å²) in [5.41, 5.74) is -0.586. The lowest BCUT2D eigenvalue weighted by Crippen LogP contribution is -2.45. The molecule has 0 aromatic rings. The predicted molar refractivity (Wildman–Crippen MR) is 88.1 cm³/mol. The van der Waals surface area contributed by atoms with Gasteiger partial charge in [-0.25, -0.2) is 9.69 Å². The summed E-state index contributed by atoms with van der Waals surface area (Å²) in [5.74, 6) is -0.621. The molecule has 1 saturated heterocycles. The van der Waals surface area contributed by atoms with Gasteiger partial charge >= 0.3 is 12.1 Å². The standard InChI is InChI=1S/C18H29NO5/c1-11(2)14-10-23-17(22)19(14)16(21)13(8-12-6-7-12)9-15(20)24-18(3,4)5/h11-14H,6-10H2,1-5H3. The molecule has 2 fully saturated rings. The van der Waals surface area contributed by atoms with Crippen LogP contribution in [0, 0.1) is 17.8 Å². The fraction of sp³-hybridized carbons (Fsp3) is 0.833. The molecular formula is C18H29NO5. The molecule has 2 amide bonds. The van der Waals surface area contributed by atoms with E-state index in [0.29, 0.717) is 12.3 Å². The monoisotopic (exact) mass is 339 g/mol. The molecule has 0 aromatic heterocycles. The van der Waals surface area contributed by atoms with Crippen LogP contribution in [0.2, 0.25) is 0 Å². The fourth-order valence-corrected chi connectivity index (χ4v) is 2.99. The molecule has 1 heterocycles. The highest BCUT2D eigenvalue weighted by Gasteiger charge is 2.44. The van der Waals surface area contributed by atoms with Gasteiger partial charge in [0.05, 0.1) is 12.5 Å². The van der Waals surface area contributed by atoms with Crippen molar-refractivity contribution in [2.45, 2.75) is 71.9 Å². The van der Waals surface area contributed by atoms with Gasteiger partial charge in [-0.1, -0.05) is 26.7 Å². The molecule has 1 saturated carbocycles. The third-order valence-corrected chi connectivity index (χ3v) is 4.41. The molecule has 0 aromatic carbocycles. The van der Waals surface area contributed by atoms with Gasteiger partial charge in [-0.2, -0.15) is 0 Å². The number of imide groups is 1. The van der Waals surface area contributed by atoms with E-state index in [9.17, 15) is 14.4 Å². The highest BCUT2D eigenvalue weighted by Crippen LogP contribution is 2.38.